The fourth-order valence-electron chi connectivity index (χ4n) is 3.36. The minimum absolute atomic E-state index is 0.141. The maximum absolute atomic E-state index is 10.8. The molecular weight excluding hydrogens is 272 g/mol. The minimum atomic E-state index is -0.403. The van der Waals surface area contributed by atoms with E-state index in [2.05, 4.69) is 12.3 Å². The molecule has 3 atom stereocenters. The molecule has 0 amide bonds. The lowest BCUT2D eigenvalue weighted by molar-refractivity contribution is -0.117. The predicted octanol–water partition coefficient (Wildman–Crippen LogP) is 3.03. The van der Waals surface area contributed by atoms with Gasteiger partial charge in [0, 0.05) is 24.5 Å². The van der Waals surface area contributed by atoms with Gasteiger partial charge in [0.15, 0.2) is 0 Å². The Kier molecular flexibility index (Phi) is 4.36. The molecule has 20 heavy (non-hydrogen) atoms. The van der Waals surface area contributed by atoms with Crippen molar-refractivity contribution in [1.29, 1.82) is 0 Å². The SMILES string of the molecule is CSc1ccccc1C(O)C1CCOC2(CCOC2)C1. The number of aliphatic hydroxyl groups is 1. The fourth-order valence-corrected chi connectivity index (χ4v) is 4.00. The lowest BCUT2D eigenvalue weighted by Gasteiger charge is -2.39. The zero-order valence-corrected chi connectivity index (χ0v) is 12.7. The average Bonchev–Trinajstić information content (AvgIpc) is 2.94. The minimum Gasteiger partial charge on any atom is -0.388 e. The topological polar surface area (TPSA) is 38.7 Å². The molecule has 3 rings (SSSR count). The third kappa shape index (κ3) is 2.75. The second kappa shape index (κ2) is 6.06. The van der Waals surface area contributed by atoms with Crippen molar-refractivity contribution >= 4 is 11.8 Å². The van der Waals surface area contributed by atoms with Gasteiger partial charge in [-0.15, -0.1) is 11.8 Å². The largest absolute Gasteiger partial charge is 0.388 e. The third-order valence-corrected chi connectivity index (χ3v) is 5.31. The van der Waals surface area contributed by atoms with E-state index in [4.69, 9.17) is 9.47 Å². The highest BCUT2D eigenvalue weighted by Crippen LogP contribution is 2.42. The molecule has 0 aromatic heterocycles. The highest BCUT2D eigenvalue weighted by molar-refractivity contribution is 7.98. The Balaban J connectivity index is 1.77. The monoisotopic (exact) mass is 294 g/mol. The molecular formula is C16H22O3S. The van der Waals surface area contributed by atoms with Gasteiger partial charge in [0.1, 0.15) is 0 Å². The second-order valence-corrected chi connectivity index (χ2v) is 6.62. The molecule has 3 nitrogen and oxygen atoms in total. The number of benzene rings is 1. The molecule has 0 radical (unpaired) electrons. The van der Waals surface area contributed by atoms with Crippen LogP contribution in [-0.4, -0.2) is 36.8 Å². The van der Waals surface area contributed by atoms with Gasteiger partial charge in [0.05, 0.1) is 18.3 Å². The Labute approximate surface area is 124 Å². The summed E-state index contributed by atoms with van der Waals surface area (Å²) in [5.41, 5.74) is 0.916. The Hall–Kier alpha value is -0.550. The van der Waals surface area contributed by atoms with Gasteiger partial charge in [-0.25, -0.2) is 0 Å². The summed E-state index contributed by atoms with van der Waals surface area (Å²) in [6.07, 6.45) is 4.44. The van der Waals surface area contributed by atoms with E-state index >= 15 is 0 Å². The van der Waals surface area contributed by atoms with Crippen molar-refractivity contribution in [3.63, 3.8) is 0 Å². The maximum atomic E-state index is 10.8. The summed E-state index contributed by atoms with van der Waals surface area (Å²) in [5.74, 6) is 0.263. The highest BCUT2D eigenvalue weighted by Gasteiger charge is 2.43. The van der Waals surface area contributed by atoms with Crippen molar-refractivity contribution in [2.75, 3.05) is 26.1 Å². The van der Waals surface area contributed by atoms with E-state index in [0.717, 1.165) is 38.0 Å². The van der Waals surface area contributed by atoms with Crippen LogP contribution in [0.5, 0.6) is 0 Å². The van der Waals surface area contributed by atoms with Crippen LogP contribution in [0.25, 0.3) is 0 Å². The Bertz CT molecular complexity index is 457. The molecule has 2 aliphatic heterocycles. The molecule has 2 fully saturated rings. The quantitative estimate of drug-likeness (QED) is 0.870. The standard InChI is InChI=1S/C16H22O3S/c1-20-14-5-3-2-4-13(14)15(17)12-6-8-19-16(10-12)7-9-18-11-16/h2-5,12,15,17H,6-11H2,1H3. The van der Waals surface area contributed by atoms with Gasteiger partial charge in [0.2, 0.25) is 0 Å². The summed E-state index contributed by atoms with van der Waals surface area (Å²) in [4.78, 5) is 1.17. The summed E-state index contributed by atoms with van der Waals surface area (Å²) in [6.45, 7) is 2.19. The van der Waals surface area contributed by atoms with E-state index in [1.54, 1.807) is 11.8 Å². The van der Waals surface area contributed by atoms with Crippen molar-refractivity contribution in [2.24, 2.45) is 5.92 Å². The predicted molar refractivity (Wildman–Crippen MR) is 80.0 cm³/mol. The first-order valence-corrected chi connectivity index (χ1v) is 8.49. The summed E-state index contributed by atoms with van der Waals surface area (Å²) >= 11 is 1.70. The first-order chi connectivity index (χ1) is 9.74. The smallest absolute Gasteiger partial charge is 0.0940 e. The van der Waals surface area contributed by atoms with Crippen LogP contribution in [0.15, 0.2) is 29.2 Å². The number of hydrogen-bond acceptors (Lipinski definition) is 4. The summed E-state index contributed by atoms with van der Waals surface area (Å²) in [6, 6.07) is 8.16. The van der Waals surface area contributed by atoms with E-state index in [1.165, 1.54) is 4.90 Å². The van der Waals surface area contributed by atoms with Crippen LogP contribution in [0.2, 0.25) is 0 Å². The molecule has 1 spiro atoms. The van der Waals surface area contributed by atoms with Gasteiger partial charge >= 0.3 is 0 Å². The molecule has 4 heteroatoms. The van der Waals surface area contributed by atoms with Crippen LogP contribution in [0, 0.1) is 5.92 Å². The Morgan fingerprint density at radius 3 is 2.95 bits per heavy atom. The summed E-state index contributed by atoms with van der Waals surface area (Å²) < 4.78 is 11.5. The van der Waals surface area contributed by atoms with E-state index in [-0.39, 0.29) is 11.5 Å². The van der Waals surface area contributed by atoms with Crippen molar-refractivity contribution in [3.05, 3.63) is 29.8 Å². The van der Waals surface area contributed by atoms with Crippen molar-refractivity contribution < 1.29 is 14.6 Å². The van der Waals surface area contributed by atoms with Crippen LogP contribution < -0.4 is 0 Å². The fraction of sp³-hybridized carbons (Fsp3) is 0.625. The molecule has 2 heterocycles. The van der Waals surface area contributed by atoms with E-state index in [9.17, 15) is 5.11 Å². The Morgan fingerprint density at radius 2 is 2.20 bits per heavy atom. The molecule has 0 saturated carbocycles. The molecule has 0 aliphatic carbocycles. The molecule has 0 bridgehead atoms. The first kappa shape index (κ1) is 14.4. The first-order valence-electron chi connectivity index (χ1n) is 7.27. The zero-order valence-electron chi connectivity index (χ0n) is 11.9. The highest BCUT2D eigenvalue weighted by atomic mass is 32.2. The molecule has 110 valence electrons. The third-order valence-electron chi connectivity index (χ3n) is 4.50. The van der Waals surface area contributed by atoms with Gasteiger partial charge in [-0.3, -0.25) is 0 Å². The zero-order chi connectivity index (χ0) is 14.0. The maximum Gasteiger partial charge on any atom is 0.0940 e. The van der Waals surface area contributed by atoms with Crippen LogP contribution in [0.3, 0.4) is 0 Å². The van der Waals surface area contributed by atoms with Crippen molar-refractivity contribution in [3.8, 4) is 0 Å². The van der Waals surface area contributed by atoms with Crippen LogP contribution in [0.4, 0.5) is 0 Å². The van der Waals surface area contributed by atoms with Gasteiger partial charge < -0.3 is 14.6 Å². The number of rotatable bonds is 3. The second-order valence-electron chi connectivity index (χ2n) is 5.77. The molecule has 1 aromatic rings. The van der Waals surface area contributed by atoms with E-state index < -0.39 is 6.10 Å². The summed E-state index contributed by atoms with van der Waals surface area (Å²) in [5, 5.41) is 10.8. The van der Waals surface area contributed by atoms with E-state index in [0.29, 0.717) is 6.61 Å². The lowest BCUT2D eigenvalue weighted by atomic mass is 9.80. The molecule has 3 unspecified atom stereocenters. The number of hydrogen-bond donors (Lipinski definition) is 1. The van der Waals surface area contributed by atoms with Crippen LogP contribution in [0.1, 0.15) is 30.9 Å². The number of aliphatic hydroxyl groups excluding tert-OH is 1. The van der Waals surface area contributed by atoms with Crippen molar-refractivity contribution in [1.82, 2.24) is 0 Å². The van der Waals surface area contributed by atoms with Crippen LogP contribution in [-0.2, 0) is 9.47 Å². The summed E-state index contributed by atoms with van der Waals surface area (Å²) in [7, 11) is 0. The van der Waals surface area contributed by atoms with Crippen molar-refractivity contribution in [2.45, 2.75) is 35.9 Å². The average molecular weight is 294 g/mol. The molecule has 2 aliphatic rings. The Morgan fingerprint density at radius 1 is 1.35 bits per heavy atom. The van der Waals surface area contributed by atoms with Gasteiger partial charge in [-0.05, 0) is 36.6 Å². The molecule has 1 N–H and O–H groups in total. The van der Waals surface area contributed by atoms with E-state index in [1.807, 2.05) is 18.2 Å². The van der Waals surface area contributed by atoms with Gasteiger partial charge in [-0.1, -0.05) is 18.2 Å². The normalized spacial score (nSPS) is 31.6. The number of thioether (sulfide) groups is 1. The van der Waals surface area contributed by atoms with Gasteiger partial charge in [0.25, 0.3) is 0 Å². The molecule has 2 saturated heterocycles. The van der Waals surface area contributed by atoms with Gasteiger partial charge in [-0.2, -0.15) is 0 Å². The molecule has 1 aromatic carbocycles. The number of ether oxygens (including phenoxy) is 2. The lowest BCUT2D eigenvalue weighted by Crippen LogP contribution is -2.41. The van der Waals surface area contributed by atoms with Crippen LogP contribution >= 0.6 is 11.8 Å².